The van der Waals surface area contributed by atoms with Crippen molar-refractivity contribution in [3.05, 3.63) is 29.6 Å². The zero-order chi connectivity index (χ0) is 15.2. The molecular formula is C18H29N3. The number of hydrogen-bond acceptors (Lipinski definition) is 2. The van der Waals surface area contributed by atoms with E-state index >= 15 is 0 Å². The number of fused-ring (bicyclic) bond motifs is 1. The number of imidazole rings is 1. The van der Waals surface area contributed by atoms with E-state index in [-0.39, 0.29) is 6.04 Å². The minimum atomic E-state index is 0.0549. The number of unbranched alkanes of at least 4 members (excludes halogenated alkanes) is 3. The Balaban J connectivity index is 2.33. The van der Waals surface area contributed by atoms with E-state index < -0.39 is 0 Å². The first-order valence-electron chi connectivity index (χ1n) is 8.39. The predicted molar refractivity (Wildman–Crippen MR) is 90.4 cm³/mol. The van der Waals surface area contributed by atoms with Crippen LogP contribution in [-0.2, 0) is 6.54 Å². The predicted octanol–water partition coefficient (Wildman–Crippen LogP) is 4.72. The van der Waals surface area contributed by atoms with E-state index in [0.717, 1.165) is 24.3 Å². The Bertz CT molecular complexity index is 571. The topological polar surface area (TPSA) is 43.8 Å². The maximum absolute atomic E-state index is 6.40. The molecule has 3 nitrogen and oxygen atoms in total. The highest BCUT2D eigenvalue weighted by atomic mass is 15.1. The fourth-order valence-corrected chi connectivity index (χ4v) is 2.85. The molecule has 1 aromatic carbocycles. The molecule has 0 amide bonds. The number of nitrogens with zero attached hydrogens (tertiary/aromatic N) is 2. The Morgan fingerprint density at radius 2 is 1.90 bits per heavy atom. The lowest BCUT2D eigenvalue weighted by molar-refractivity contribution is 0.522. The van der Waals surface area contributed by atoms with Crippen molar-refractivity contribution in [2.75, 3.05) is 0 Å². The van der Waals surface area contributed by atoms with Gasteiger partial charge in [0.2, 0.25) is 0 Å². The SMILES string of the molecule is CCCCCn1c(C(N)CCCC)nc2cc(C)ccc21. The summed E-state index contributed by atoms with van der Waals surface area (Å²) in [5, 5.41) is 0. The van der Waals surface area contributed by atoms with Crippen molar-refractivity contribution in [2.24, 2.45) is 5.73 Å². The van der Waals surface area contributed by atoms with Gasteiger partial charge in [-0.25, -0.2) is 4.98 Å². The summed E-state index contributed by atoms with van der Waals surface area (Å²) in [6.07, 6.45) is 7.06. The Morgan fingerprint density at radius 3 is 2.62 bits per heavy atom. The Labute approximate surface area is 128 Å². The van der Waals surface area contributed by atoms with Gasteiger partial charge < -0.3 is 10.3 Å². The van der Waals surface area contributed by atoms with Crippen molar-refractivity contribution in [1.29, 1.82) is 0 Å². The van der Waals surface area contributed by atoms with E-state index in [2.05, 4.69) is 43.5 Å². The highest BCUT2D eigenvalue weighted by Crippen LogP contribution is 2.24. The Morgan fingerprint density at radius 1 is 1.14 bits per heavy atom. The highest BCUT2D eigenvalue weighted by molar-refractivity contribution is 5.77. The molecule has 0 spiro atoms. The number of aryl methyl sites for hydroxylation is 2. The molecule has 1 heterocycles. The van der Waals surface area contributed by atoms with Gasteiger partial charge in [0.05, 0.1) is 17.1 Å². The molecule has 116 valence electrons. The third kappa shape index (κ3) is 3.85. The molecule has 0 aliphatic carbocycles. The molecule has 0 fully saturated rings. The Kier molecular flexibility index (Phi) is 5.80. The normalized spacial score (nSPS) is 13.0. The number of hydrogen-bond donors (Lipinski definition) is 1. The van der Waals surface area contributed by atoms with E-state index in [0.29, 0.717) is 0 Å². The zero-order valence-corrected chi connectivity index (χ0v) is 13.7. The fourth-order valence-electron chi connectivity index (χ4n) is 2.85. The van der Waals surface area contributed by atoms with Gasteiger partial charge in [-0.2, -0.15) is 0 Å². The van der Waals surface area contributed by atoms with Crippen LogP contribution in [0.15, 0.2) is 18.2 Å². The van der Waals surface area contributed by atoms with Crippen LogP contribution in [0.25, 0.3) is 11.0 Å². The molecule has 21 heavy (non-hydrogen) atoms. The summed E-state index contributed by atoms with van der Waals surface area (Å²) in [4.78, 5) is 4.84. The molecule has 2 rings (SSSR count). The second-order valence-electron chi connectivity index (χ2n) is 6.07. The molecule has 3 heteroatoms. The smallest absolute Gasteiger partial charge is 0.126 e. The van der Waals surface area contributed by atoms with Crippen LogP contribution in [-0.4, -0.2) is 9.55 Å². The van der Waals surface area contributed by atoms with Gasteiger partial charge in [0.15, 0.2) is 0 Å². The van der Waals surface area contributed by atoms with Crippen LogP contribution in [0.1, 0.15) is 69.8 Å². The molecule has 1 aromatic heterocycles. The fraction of sp³-hybridized carbons (Fsp3) is 0.611. The monoisotopic (exact) mass is 287 g/mol. The van der Waals surface area contributed by atoms with Crippen molar-refractivity contribution in [3.63, 3.8) is 0 Å². The largest absolute Gasteiger partial charge is 0.327 e. The van der Waals surface area contributed by atoms with Crippen molar-refractivity contribution in [2.45, 2.75) is 71.9 Å². The maximum Gasteiger partial charge on any atom is 0.126 e. The second-order valence-corrected chi connectivity index (χ2v) is 6.07. The third-order valence-electron chi connectivity index (χ3n) is 4.12. The minimum absolute atomic E-state index is 0.0549. The molecule has 2 aromatic rings. The van der Waals surface area contributed by atoms with Gasteiger partial charge in [0, 0.05) is 6.54 Å². The lowest BCUT2D eigenvalue weighted by atomic mass is 10.1. The van der Waals surface area contributed by atoms with E-state index in [1.807, 2.05) is 0 Å². The van der Waals surface area contributed by atoms with Gasteiger partial charge in [-0.1, -0.05) is 45.6 Å². The summed E-state index contributed by atoms with van der Waals surface area (Å²) in [6, 6.07) is 6.59. The number of nitrogens with two attached hydrogens (primary N) is 1. The van der Waals surface area contributed by atoms with Gasteiger partial charge in [0.1, 0.15) is 5.82 Å². The van der Waals surface area contributed by atoms with Crippen molar-refractivity contribution in [3.8, 4) is 0 Å². The highest BCUT2D eigenvalue weighted by Gasteiger charge is 2.16. The van der Waals surface area contributed by atoms with Gasteiger partial charge in [0.25, 0.3) is 0 Å². The molecule has 0 saturated carbocycles. The van der Waals surface area contributed by atoms with Gasteiger partial charge in [-0.3, -0.25) is 0 Å². The first-order valence-corrected chi connectivity index (χ1v) is 8.39. The van der Waals surface area contributed by atoms with E-state index in [9.17, 15) is 0 Å². The molecule has 0 bridgehead atoms. The van der Waals surface area contributed by atoms with E-state index in [1.165, 1.54) is 43.2 Å². The molecule has 1 unspecified atom stereocenters. The molecular weight excluding hydrogens is 258 g/mol. The summed E-state index contributed by atoms with van der Waals surface area (Å²) in [7, 11) is 0. The molecule has 2 N–H and O–H groups in total. The van der Waals surface area contributed by atoms with E-state index in [1.54, 1.807) is 0 Å². The van der Waals surface area contributed by atoms with Gasteiger partial charge in [-0.05, 0) is 37.5 Å². The average molecular weight is 287 g/mol. The number of benzene rings is 1. The minimum Gasteiger partial charge on any atom is -0.327 e. The lowest BCUT2D eigenvalue weighted by Gasteiger charge is -2.14. The zero-order valence-electron chi connectivity index (χ0n) is 13.7. The van der Waals surface area contributed by atoms with Crippen LogP contribution in [0.2, 0.25) is 0 Å². The molecule has 0 radical (unpaired) electrons. The van der Waals surface area contributed by atoms with Crippen LogP contribution >= 0.6 is 0 Å². The summed E-state index contributed by atoms with van der Waals surface area (Å²) in [5.74, 6) is 1.07. The van der Waals surface area contributed by atoms with Gasteiger partial charge in [-0.15, -0.1) is 0 Å². The third-order valence-corrected chi connectivity index (χ3v) is 4.12. The summed E-state index contributed by atoms with van der Waals surface area (Å²) in [5.41, 5.74) is 9.99. The summed E-state index contributed by atoms with van der Waals surface area (Å²) in [6.45, 7) is 7.60. The standard InChI is InChI=1S/C18H29N3/c1-4-6-8-12-21-17-11-10-14(3)13-16(17)20-18(21)15(19)9-7-5-2/h10-11,13,15H,4-9,12,19H2,1-3H3. The number of aromatic nitrogens is 2. The van der Waals surface area contributed by atoms with Crippen LogP contribution in [0.4, 0.5) is 0 Å². The summed E-state index contributed by atoms with van der Waals surface area (Å²) >= 11 is 0. The molecule has 0 saturated heterocycles. The number of rotatable bonds is 8. The Hall–Kier alpha value is -1.35. The quantitative estimate of drug-likeness (QED) is 0.714. The lowest BCUT2D eigenvalue weighted by Crippen LogP contribution is -2.17. The second kappa shape index (κ2) is 7.60. The maximum atomic E-state index is 6.40. The summed E-state index contributed by atoms with van der Waals surface area (Å²) < 4.78 is 2.35. The average Bonchev–Trinajstić information content (AvgIpc) is 2.83. The van der Waals surface area contributed by atoms with Crippen LogP contribution in [0.5, 0.6) is 0 Å². The van der Waals surface area contributed by atoms with Crippen LogP contribution in [0, 0.1) is 6.92 Å². The van der Waals surface area contributed by atoms with Crippen LogP contribution < -0.4 is 5.73 Å². The first kappa shape index (κ1) is 16.0. The van der Waals surface area contributed by atoms with Crippen LogP contribution in [0.3, 0.4) is 0 Å². The van der Waals surface area contributed by atoms with Crippen molar-refractivity contribution >= 4 is 11.0 Å². The molecule has 1 atom stereocenters. The van der Waals surface area contributed by atoms with Gasteiger partial charge >= 0.3 is 0 Å². The van der Waals surface area contributed by atoms with E-state index in [4.69, 9.17) is 10.7 Å². The first-order chi connectivity index (χ1) is 10.2. The molecule has 0 aliphatic heterocycles. The molecule has 0 aliphatic rings. The van der Waals surface area contributed by atoms with Crippen molar-refractivity contribution in [1.82, 2.24) is 9.55 Å². The van der Waals surface area contributed by atoms with Crippen molar-refractivity contribution < 1.29 is 0 Å².